The van der Waals surface area contributed by atoms with Crippen LogP contribution in [0.15, 0.2) is 194 Å². The summed E-state index contributed by atoms with van der Waals surface area (Å²) in [5.74, 6) is -4.56. The van der Waals surface area contributed by atoms with Gasteiger partial charge in [0.1, 0.15) is 54.3 Å². The number of carbonyl (C=O) groups is 8. The molecule has 4 atom stereocenters. The van der Waals surface area contributed by atoms with Crippen molar-refractivity contribution in [2.45, 2.75) is 93.8 Å². The second-order valence-corrected chi connectivity index (χ2v) is 28.9. The number of anilines is 2. The fourth-order valence-electron chi connectivity index (χ4n) is 13.5. The summed E-state index contributed by atoms with van der Waals surface area (Å²) < 4.78 is 11.5. The highest BCUT2D eigenvalue weighted by molar-refractivity contribution is 7.15. The lowest BCUT2D eigenvalue weighted by molar-refractivity contribution is -0.129. The minimum Gasteiger partial charge on any atom is -0.508 e. The number of rotatable bonds is 35. The number of nitrogens with zero attached hydrogens (tertiary/aromatic N) is 2. The molecule has 27 heteroatoms. The lowest BCUT2D eigenvalue weighted by atomic mass is 9.98. The highest BCUT2D eigenvalue weighted by Gasteiger charge is 2.33. The summed E-state index contributed by atoms with van der Waals surface area (Å²) in [5.41, 5.74) is 23.4. The van der Waals surface area contributed by atoms with Gasteiger partial charge in [-0.2, -0.15) is 0 Å². The van der Waals surface area contributed by atoms with Crippen molar-refractivity contribution in [2.24, 2.45) is 11.5 Å². The van der Waals surface area contributed by atoms with Crippen molar-refractivity contribution >= 4 is 80.4 Å². The number of hydrogen-bond acceptors (Lipinski definition) is 20. The van der Waals surface area contributed by atoms with Gasteiger partial charge in [0.25, 0.3) is 0 Å². The largest absolute Gasteiger partial charge is 0.508 e. The number of Topliss-reactive ketones (excluding diaryl/α,β-unsaturated/α-hetero) is 1. The van der Waals surface area contributed by atoms with Gasteiger partial charge in [-0.05, 0) is 127 Å². The summed E-state index contributed by atoms with van der Waals surface area (Å²) in [4.78, 5) is 117. The number of ketones is 1. The highest BCUT2D eigenvalue weighted by atomic mass is 32.1. The summed E-state index contributed by atoms with van der Waals surface area (Å²) >= 11 is 2.80. The summed E-state index contributed by atoms with van der Waals surface area (Å²) in [6, 6.07) is 48.9. The number of nitrogens with one attached hydrogen (secondary N) is 7. The Morgan fingerprint density at radius 3 is 1.26 bits per heavy atom. The van der Waals surface area contributed by atoms with Crippen LogP contribution in [0.1, 0.15) is 96.5 Å². The molecule has 0 radical (unpaired) electrons. The molecular weight excluding hydrogens is 1430 g/mol. The van der Waals surface area contributed by atoms with Crippen LogP contribution >= 0.6 is 22.7 Å². The number of fused-ring (bicyclic) bond motifs is 6. The van der Waals surface area contributed by atoms with Gasteiger partial charge >= 0.3 is 12.2 Å². The van der Waals surface area contributed by atoms with Gasteiger partial charge in [0.15, 0.2) is 16.0 Å². The number of carbonyl (C=O) groups excluding carboxylic acids is 8. The van der Waals surface area contributed by atoms with Crippen LogP contribution in [0.3, 0.4) is 0 Å². The normalized spacial score (nSPS) is 13.0. The molecule has 2 aliphatic carbocycles. The first kappa shape index (κ1) is 76.0. The molecule has 0 aliphatic heterocycles. The highest BCUT2D eigenvalue weighted by Crippen LogP contribution is 2.46. The molecule has 560 valence electrons. The quantitative estimate of drug-likeness (QED) is 0.0164. The van der Waals surface area contributed by atoms with Crippen LogP contribution in [0.4, 0.5) is 19.9 Å². The Hall–Kier alpha value is -12.6. The minimum atomic E-state index is -1.21. The van der Waals surface area contributed by atoms with Crippen LogP contribution in [0.2, 0.25) is 0 Å². The lowest BCUT2D eigenvalue weighted by Crippen LogP contribution is -2.52. The lowest BCUT2D eigenvalue weighted by Gasteiger charge is -2.21. The van der Waals surface area contributed by atoms with Crippen molar-refractivity contribution in [3.8, 4) is 45.3 Å². The molecular formula is C82H81N11O14S2. The number of hydrogen-bond donors (Lipinski definition) is 13. The van der Waals surface area contributed by atoms with Crippen molar-refractivity contribution in [1.29, 1.82) is 0 Å². The Kier molecular flexibility index (Phi) is 24.9. The number of amides is 7. The first-order valence-electron chi connectivity index (χ1n) is 35.5. The first-order chi connectivity index (χ1) is 52.7. The maximum absolute atomic E-state index is 13.9. The zero-order chi connectivity index (χ0) is 76.5. The van der Waals surface area contributed by atoms with Gasteiger partial charge in [0.05, 0.1) is 12.6 Å². The average molecular weight is 1510 g/mol. The van der Waals surface area contributed by atoms with Crippen molar-refractivity contribution < 1.29 is 68.3 Å². The van der Waals surface area contributed by atoms with Gasteiger partial charge < -0.3 is 78.6 Å². The Bertz CT molecular complexity index is 4580. The van der Waals surface area contributed by atoms with Crippen LogP contribution in [0.5, 0.6) is 23.0 Å². The Morgan fingerprint density at radius 2 is 0.826 bits per heavy atom. The zero-order valence-corrected chi connectivity index (χ0v) is 60.7. The molecule has 15 N–H and O–H groups in total. The van der Waals surface area contributed by atoms with Gasteiger partial charge in [-0.15, -0.1) is 22.7 Å². The predicted molar refractivity (Wildman–Crippen MR) is 412 cm³/mol. The monoisotopic (exact) mass is 1510 g/mol. The molecule has 0 bridgehead atoms. The van der Waals surface area contributed by atoms with Crippen molar-refractivity contribution in [3.63, 3.8) is 0 Å². The second kappa shape index (κ2) is 35.6. The molecule has 0 saturated heterocycles. The molecule has 2 heterocycles. The third-order valence-electron chi connectivity index (χ3n) is 19.0. The van der Waals surface area contributed by atoms with Crippen LogP contribution in [0.25, 0.3) is 22.3 Å². The molecule has 8 aromatic carbocycles. The third-order valence-corrected chi connectivity index (χ3v) is 20.9. The number of phenolic OH excluding ortho intramolecular Hbond substituents is 4. The summed E-state index contributed by atoms with van der Waals surface area (Å²) in [6.07, 6.45) is 2.38. The average Bonchev–Trinajstić information content (AvgIpc) is 1.62. The standard InChI is InChI=1S/C82H81N11O14S2/c83-76(101)68(90-74(99)31-30-73(98)67(36-47-18-24-53(94)25-19-47)92-81(104)106-45-65-61-14-5-1-10-57(61)58-11-2-6-15-62(58)65)38-49-22-28-71(96)51(34-49)40-55-42-88-79(108-55)85-32-9-33-86-80-89-43-56(109-80)41-52-35-50(23-29-72(52)97)39-69(77(84)102)91-75(100)44-87-78(103)70(37-48-20-26-54(95)27-21-48)93-82(105)107-46-66-63-16-7-3-12-59(63)60-13-4-8-17-64(60)66/h1-8,10-29,34-35,42-43,65-70,94-97H,9,30-33,36-41,44-46H2,(H2,83,101)(H2,84,102)(H,85,88)(H,86,89)(H,87,103)(H,90,99)(H,91,100)(H,92,104)(H,93,105)/t67-,68-,69-,70-/m0/s1. The van der Waals surface area contributed by atoms with E-state index in [2.05, 4.69) is 47.2 Å². The Labute approximate surface area is 635 Å². The topological polar surface area (TPSA) is 398 Å². The fourth-order valence-corrected chi connectivity index (χ4v) is 15.2. The summed E-state index contributed by atoms with van der Waals surface area (Å²) in [5, 5.41) is 62.8. The van der Waals surface area contributed by atoms with E-state index in [4.69, 9.17) is 20.9 Å². The number of thiazole rings is 2. The molecule has 7 amide bonds. The van der Waals surface area contributed by atoms with E-state index in [0.717, 1.165) is 54.3 Å². The van der Waals surface area contributed by atoms with E-state index in [0.29, 0.717) is 76.0 Å². The molecule has 10 aromatic rings. The maximum Gasteiger partial charge on any atom is 0.407 e. The van der Waals surface area contributed by atoms with E-state index in [1.54, 1.807) is 60.9 Å². The van der Waals surface area contributed by atoms with Crippen molar-refractivity contribution in [1.82, 2.24) is 36.6 Å². The molecule has 0 unspecified atom stereocenters. The van der Waals surface area contributed by atoms with Gasteiger partial charge in [0.2, 0.25) is 29.5 Å². The molecule has 12 rings (SSSR count). The molecule has 109 heavy (non-hydrogen) atoms. The number of primary amides is 2. The predicted octanol–water partition coefficient (Wildman–Crippen LogP) is 9.31. The molecule has 2 aromatic heterocycles. The molecule has 0 spiro atoms. The Morgan fingerprint density at radius 1 is 0.440 bits per heavy atom. The molecule has 0 saturated carbocycles. The fraction of sp³-hybridized carbons (Fsp3) is 0.244. The van der Waals surface area contributed by atoms with E-state index in [9.17, 15) is 58.8 Å². The van der Waals surface area contributed by atoms with Gasteiger partial charge in [-0.25, -0.2) is 19.6 Å². The maximum atomic E-state index is 13.9. The van der Waals surface area contributed by atoms with Crippen LogP contribution in [0, 0.1) is 0 Å². The second-order valence-electron chi connectivity index (χ2n) is 26.7. The number of nitrogens with two attached hydrogens (primary N) is 2. The van der Waals surface area contributed by atoms with E-state index < -0.39 is 78.2 Å². The van der Waals surface area contributed by atoms with Gasteiger partial charge in [0, 0.05) is 92.0 Å². The van der Waals surface area contributed by atoms with E-state index >= 15 is 0 Å². The van der Waals surface area contributed by atoms with Gasteiger partial charge in [-0.1, -0.05) is 146 Å². The van der Waals surface area contributed by atoms with Crippen LogP contribution in [-0.4, -0.2) is 135 Å². The van der Waals surface area contributed by atoms with E-state index in [1.165, 1.54) is 59.1 Å². The minimum absolute atomic E-state index is 0.000169. The van der Waals surface area contributed by atoms with Crippen molar-refractivity contribution in [2.75, 3.05) is 43.5 Å². The number of alkyl carbamates (subject to hydrolysis) is 2. The van der Waals surface area contributed by atoms with Crippen LogP contribution < -0.4 is 48.7 Å². The number of aromatic nitrogens is 2. The van der Waals surface area contributed by atoms with Crippen LogP contribution in [-0.2, 0) is 76.8 Å². The summed E-state index contributed by atoms with van der Waals surface area (Å²) in [6.45, 7) is 0.558. The number of aromatic hydroxyl groups is 4. The third kappa shape index (κ3) is 20.1. The van der Waals surface area contributed by atoms with E-state index in [1.807, 2.05) is 97.1 Å². The number of benzene rings is 8. The van der Waals surface area contributed by atoms with E-state index in [-0.39, 0.29) is 86.6 Å². The number of phenols is 4. The smallest absolute Gasteiger partial charge is 0.407 e. The summed E-state index contributed by atoms with van der Waals surface area (Å²) in [7, 11) is 0. The number of ether oxygens (including phenoxy) is 2. The Balaban J connectivity index is 0.564. The van der Waals surface area contributed by atoms with Crippen molar-refractivity contribution in [3.05, 3.63) is 260 Å². The zero-order valence-electron chi connectivity index (χ0n) is 59.1. The SMILES string of the molecule is NC(=O)[C@H](Cc1ccc(O)c(Cc2cnc(NCCCNc3ncc(Cc4cc(C[C@H](NC(=O)CNC(=O)[C@H](Cc5ccc(O)cc5)NC(=O)OCC5c6ccccc6-c6ccccc65)C(N)=O)ccc4O)s3)s2)c1)NC(=O)CCC(=O)[C@H](Cc1ccc(O)cc1)NC(=O)OCC1c2ccccc2-c2ccccc21. The first-order valence-corrected chi connectivity index (χ1v) is 37.1. The molecule has 2 aliphatic rings. The molecule has 25 nitrogen and oxygen atoms in total. The van der Waals surface area contributed by atoms with Gasteiger partial charge in [-0.3, -0.25) is 28.8 Å². The molecule has 0 fully saturated rings.